The lowest BCUT2D eigenvalue weighted by Gasteiger charge is -2.36. The van der Waals surface area contributed by atoms with Crippen LogP contribution in [-0.4, -0.2) is 39.0 Å². The summed E-state index contributed by atoms with van der Waals surface area (Å²) in [7, 11) is 1.69. The van der Waals surface area contributed by atoms with E-state index in [1.807, 2.05) is 13.8 Å². The summed E-state index contributed by atoms with van der Waals surface area (Å²) in [4.78, 5) is 12.5. The minimum Gasteiger partial charge on any atom is -0.389 e. The summed E-state index contributed by atoms with van der Waals surface area (Å²) in [6.07, 6.45) is -0.396. The molecule has 17 heavy (non-hydrogen) atoms. The number of aliphatic hydroxyl groups excluding tert-OH is 1. The second-order valence-electron chi connectivity index (χ2n) is 4.65. The van der Waals surface area contributed by atoms with Crippen molar-refractivity contribution in [3.63, 3.8) is 0 Å². The van der Waals surface area contributed by atoms with Gasteiger partial charge in [0.05, 0.1) is 11.0 Å². The molecule has 1 aromatic rings. The molecule has 1 aliphatic rings. The maximum atomic E-state index is 11.1. The summed E-state index contributed by atoms with van der Waals surface area (Å²) >= 11 is 0. The molecule has 7 heteroatoms. The lowest BCUT2D eigenvalue weighted by Crippen LogP contribution is -2.51. The first-order chi connectivity index (χ1) is 7.91. The Labute approximate surface area is 98.8 Å². The van der Waals surface area contributed by atoms with E-state index in [0.29, 0.717) is 24.6 Å². The van der Waals surface area contributed by atoms with Gasteiger partial charge in [-0.1, -0.05) is 13.8 Å². The zero-order chi connectivity index (χ0) is 12.7. The molecule has 0 atom stereocenters. The molecular weight excluding hydrogens is 224 g/mol. The highest BCUT2D eigenvalue weighted by molar-refractivity contribution is 5.63. The van der Waals surface area contributed by atoms with Gasteiger partial charge in [0.2, 0.25) is 5.82 Å². The Morgan fingerprint density at radius 2 is 2.12 bits per heavy atom. The number of aryl methyl sites for hydroxylation is 1. The highest BCUT2D eigenvalue weighted by atomic mass is 16.6. The first-order valence-electron chi connectivity index (χ1n) is 5.56. The third kappa shape index (κ3) is 1.86. The van der Waals surface area contributed by atoms with Gasteiger partial charge in [0, 0.05) is 26.1 Å². The number of hydrogen-bond acceptors (Lipinski definition) is 5. The van der Waals surface area contributed by atoms with Crippen LogP contribution in [0.4, 0.5) is 11.5 Å². The molecule has 1 aliphatic heterocycles. The van der Waals surface area contributed by atoms with E-state index >= 15 is 0 Å². The van der Waals surface area contributed by atoms with E-state index in [1.54, 1.807) is 11.9 Å². The fraction of sp³-hybridized carbons (Fsp3) is 0.700. The van der Waals surface area contributed by atoms with Crippen molar-refractivity contribution in [2.45, 2.75) is 25.9 Å². The van der Waals surface area contributed by atoms with E-state index in [2.05, 4.69) is 5.10 Å². The summed E-state index contributed by atoms with van der Waals surface area (Å²) < 4.78 is 1.53. The van der Waals surface area contributed by atoms with Gasteiger partial charge in [-0.2, -0.15) is 5.10 Å². The predicted octanol–water partition coefficient (Wildman–Crippen LogP) is 0.633. The molecule has 2 heterocycles. The average molecular weight is 240 g/mol. The van der Waals surface area contributed by atoms with Crippen LogP contribution >= 0.6 is 0 Å². The number of nitrogens with zero attached hydrogens (tertiary/aromatic N) is 4. The Morgan fingerprint density at radius 1 is 1.53 bits per heavy atom. The summed E-state index contributed by atoms with van der Waals surface area (Å²) in [6, 6.07) is 0. The van der Waals surface area contributed by atoms with E-state index < -0.39 is 6.10 Å². The largest absolute Gasteiger partial charge is 0.389 e. The first kappa shape index (κ1) is 11.8. The second kappa shape index (κ2) is 3.99. The maximum Gasteiger partial charge on any atom is 0.334 e. The molecule has 0 aromatic carbocycles. The summed E-state index contributed by atoms with van der Waals surface area (Å²) in [5, 5.41) is 24.6. The molecule has 0 saturated carbocycles. The fourth-order valence-corrected chi connectivity index (χ4v) is 2.07. The molecule has 1 aromatic heterocycles. The van der Waals surface area contributed by atoms with Crippen LogP contribution in [0.1, 0.15) is 25.5 Å². The van der Waals surface area contributed by atoms with Crippen molar-refractivity contribution in [3.8, 4) is 0 Å². The number of hydrogen-bond donors (Lipinski definition) is 1. The molecular formula is C10H16N4O3. The van der Waals surface area contributed by atoms with Crippen LogP contribution in [0.15, 0.2) is 0 Å². The molecule has 2 rings (SSSR count). The van der Waals surface area contributed by atoms with Crippen molar-refractivity contribution >= 4 is 11.5 Å². The van der Waals surface area contributed by atoms with Gasteiger partial charge in [-0.25, -0.2) is 4.68 Å². The monoisotopic (exact) mass is 240 g/mol. The van der Waals surface area contributed by atoms with Crippen LogP contribution in [0, 0.1) is 10.1 Å². The number of nitro groups is 1. The molecule has 1 N–H and O–H groups in total. The summed E-state index contributed by atoms with van der Waals surface area (Å²) in [5.74, 6) is 0.491. The SMILES string of the molecule is CC(C)c1nn(C)c(N2CC(O)C2)c1[N+](=O)[O-]. The molecule has 0 unspecified atom stereocenters. The number of aliphatic hydroxyl groups is 1. The summed E-state index contributed by atoms with van der Waals surface area (Å²) in [6.45, 7) is 4.62. The van der Waals surface area contributed by atoms with Crippen molar-refractivity contribution in [1.82, 2.24) is 9.78 Å². The molecule has 0 amide bonds. The van der Waals surface area contributed by atoms with E-state index in [1.165, 1.54) is 4.68 Å². The van der Waals surface area contributed by atoms with E-state index in [0.717, 1.165) is 0 Å². The van der Waals surface area contributed by atoms with Crippen LogP contribution in [-0.2, 0) is 7.05 Å². The molecule has 0 spiro atoms. The number of anilines is 1. The van der Waals surface area contributed by atoms with E-state index in [-0.39, 0.29) is 16.5 Å². The van der Waals surface area contributed by atoms with Gasteiger partial charge in [0.25, 0.3) is 0 Å². The van der Waals surface area contributed by atoms with E-state index in [4.69, 9.17) is 0 Å². The average Bonchev–Trinajstić information content (AvgIpc) is 2.51. The molecule has 0 bridgehead atoms. The van der Waals surface area contributed by atoms with Crippen LogP contribution in [0.2, 0.25) is 0 Å². The van der Waals surface area contributed by atoms with Gasteiger partial charge in [0.15, 0.2) is 0 Å². The third-order valence-electron chi connectivity index (χ3n) is 2.91. The Hall–Kier alpha value is -1.63. The Balaban J connectivity index is 2.46. The van der Waals surface area contributed by atoms with Gasteiger partial charge >= 0.3 is 5.69 Å². The molecule has 0 aliphatic carbocycles. The lowest BCUT2D eigenvalue weighted by molar-refractivity contribution is -0.385. The van der Waals surface area contributed by atoms with Gasteiger partial charge in [-0.15, -0.1) is 0 Å². The zero-order valence-electron chi connectivity index (χ0n) is 10.1. The maximum absolute atomic E-state index is 11.1. The van der Waals surface area contributed by atoms with Gasteiger partial charge < -0.3 is 10.0 Å². The number of aromatic nitrogens is 2. The second-order valence-corrected chi connectivity index (χ2v) is 4.65. The Bertz CT molecular complexity index is 449. The third-order valence-corrected chi connectivity index (χ3v) is 2.91. The Morgan fingerprint density at radius 3 is 2.53 bits per heavy atom. The Kier molecular flexibility index (Phi) is 2.78. The van der Waals surface area contributed by atoms with Gasteiger partial charge in [0.1, 0.15) is 5.69 Å². The highest BCUT2D eigenvalue weighted by Crippen LogP contribution is 2.37. The normalized spacial score (nSPS) is 16.4. The van der Waals surface area contributed by atoms with Crippen molar-refractivity contribution in [1.29, 1.82) is 0 Å². The zero-order valence-corrected chi connectivity index (χ0v) is 10.1. The van der Waals surface area contributed by atoms with E-state index in [9.17, 15) is 15.2 Å². The minimum atomic E-state index is -0.396. The van der Waals surface area contributed by atoms with Crippen LogP contribution in [0.25, 0.3) is 0 Å². The standard InChI is InChI=1S/C10H16N4O3/c1-6(2)8-9(14(16)17)10(12(3)11-8)13-4-7(15)5-13/h6-7,15H,4-5H2,1-3H3. The number of β-amino-alcohol motifs (C(OH)–C–C–N with tert-alkyl or cyclic N) is 1. The van der Waals surface area contributed by atoms with Crippen molar-refractivity contribution in [3.05, 3.63) is 15.8 Å². The number of rotatable bonds is 3. The summed E-state index contributed by atoms with van der Waals surface area (Å²) in [5.41, 5.74) is 0.559. The fourth-order valence-electron chi connectivity index (χ4n) is 2.07. The minimum absolute atomic E-state index is 0.00144. The van der Waals surface area contributed by atoms with Crippen molar-refractivity contribution in [2.24, 2.45) is 7.05 Å². The van der Waals surface area contributed by atoms with Crippen LogP contribution < -0.4 is 4.90 Å². The smallest absolute Gasteiger partial charge is 0.334 e. The van der Waals surface area contributed by atoms with Crippen LogP contribution in [0.3, 0.4) is 0 Å². The molecule has 94 valence electrons. The molecule has 1 saturated heterocycles. The van der Waals surface area contributed by atoms with Gasteiger partial charge in [-0.3, -0.25) is 10.1 Å². The quantitative estimate of drug-likeness (QED) is 0.619. The topological polar surface area (TPSA) is 84.4 Å². The van der Waals surface area contributed by atoms with Crippen molar-refractivity contribution in [2.75, 3.05) is 18.0 Å². The molecule has 0 radical (unpaired) electrons. The molecule has 7 nitrogen and oxygen atoms in total. The van der Waals surface area contributed by atoms with Crippen molar-refractivity contribution < 1.29 is 10.0 Å². The first-order valence-corrected chi connectivity index (χ1v) is 5.56. The predicted molar refractivity (Wildman–Crippen MR) is 62.2 cm³/mol. The molecule has 1 fully saturated rings. The highest BCUT2D eigenvalue weighted by Gasteiger charge is 2.36. The van der Waals surface area contributed by atoms with Gasteiger partial charge in [-0.05, 0) is 0 Å². The lowest BCUT2D eigenvalue weighted by atomic mass is 10.1. The van der Waals surface area contributed by atoms with Crippen LogP contribution in [0.5, 0.6) is 0 Å².